The van der Waals surface area contributed by atoms with Gasteiger partial charge in [-0.2, -0.15) is 114 Å². The third-order valence-electron chi connectivity index (χ3n) is 8.88. The second-order valence-electron chi connectivity index (χ2n) is 12.8. The Bertz CT molecular complexity index is 2170. The van der Waals surface area contributed by atoms with Crippen molar-refractivity contribution < 1.29 is 114 Å². The van der Waals surface area contributed by atoms with Gasteiger partial charge in [-0.05, 0) is 75.5 Å². The molecule has 4 aromatic rings. The van der Waals surface area contributed by atoms with Crippen molar-refractivity contribution in [1.29, 1.82) is 0 Å². The zero-order valence-electron chi connectivity index (χ0n) is 28.2. The van der Waals surface area contributed by atoms with Crippen molar-refractivity contribution in [2.75, 3.05) is 0 Å². The fourth-order valence-electron chi connectivity index (χ4n) is 5.41. The maximum absolute atomic E-state index is 15.6. The Hall–Kier alpha value is -4.39. The van der Waals surface area contributed by atoms with Crippen LogP contribution in [0.3, 0.4) is 0 Å². The van der Waals surface area contributed by atoms with Crippen LogP contribution in [-0.2, 0) is 11.8 Å². The predicted molar refractivity (Wildman–Crippen MR) is 159 cm³/mol. The Balaban J connectivity index is 2.16. The van der Waals surface area contributed by atoms with Gasteiger partial charge in [0.15, 0.2) is 0 Å². The van der Waals surface area contributed by atoms with Gasteiger partial charge < -0.3 is 0 Å². The fraction of sp³-hybridized carbons (Fsp3) is 0.353. The molecule has 0 amide bonds. The molecule has 0 radical (unpaired) electrons. The van der Waals surface area contributed by atoms with Gasteiger partial charge in [-0.3, -0.25) is 0 Å². The van der Waals surface area contributed by atoms with Gasteiger partial charge in [0.05, 0.1) is 0 Å². The van der Waals surface area contributed by atoms with E-state index in [1.807, 2.05) is 0 Å². The summed E-state index contributed by atoms with van der Waals surface area (Å²) >= 11 is 5.77. The van der Waals surface area contributed by atoms with Crippen molar-refractivity contribution in [2.24, 2.45) is 0 Å². The van der Waals surface area contributed by atoms with Crippen LogP contribution in [0, 0.1) is 0 Å². The number of fused-ring (bicyclic) bond motifs is 1. The first-order valence-electron chi connectivity index (χ1n) is 15.4. The van der Waals surface area contributed by atoms with E-state index in [-0.39, 0.29) is 21.5 Å². The summed E-state index contributed by atoms with van der Waals surface area (Å²) in [6, 6.07) is 6.72. The number of alkyl halides is 26. The summed E-state index contributed by atoms with van der Waals surface area (Å²) in [7, 11) is 0. The number of halogens is 27. The lowest BCUT2D eigenvalue weighted by molar-refractivity contribution is -0.442. The monoisotopic (exact) mass is 950 g/mol. The number of benzene rings is 4. The van der Waals surface area contributed by atoms with Crippen molar-refractivity contribution >= 4 is 22.4 Å². The minimum atomic E-state index is -8.70. The first-order chi connectivity index (χ1) is 27.0. The van der Waals surface area contributed by atoms with Gasteiger partial charge in [0.2, 0.25) is 0 Å². The molecule has 0 aliphatic carbocycles. The summed E-state index contributed by atoms with van der Waals surface area (Å²) in [6.45, 7) is 0. The van der Waals surface area contributed by atoms with E-state index in [1.54, 1.807) is 0 Å². The predicted octanol–water partition coefficient (Wildman–Crippen LogP) is 15.2. The van der Waals surface area contributed by atoms with Gasteiger partial charge in [-0.1, -0.05) is 48.0 Å². The molecule has 0 heterocycles. The Kier molecular flexibility index (Phi) is 11.6. The van der Waals surface area contributed by atoms with E-state index in [9.17, 15) is 96.6 Å². The summed E-state index contributed by atoms with van der Waals surface area (Å²) in [4.78, 5) is 0. The topological polar surface area (TPSA) is 0 Å². The molecule has 4 aromatic carbocycles. The van der Waals surface area contributed by atoms with Crippen molar-refractivity contribution in [3.63, 3.8) is 0 Å². The summed E-state index contributed by atoms with van der Waals surface area (Å²) in [5.41, 5.74) is -10.5. The van der Waals surface area contributed by atoms with Crippen molar-refractivity contribution in [2.45, 2.75) is 71.6 Å². The molecule has 338 valence electrons. The quantitative estimate of drug-likeness (QED) is 0.124. The highest BCUT2D eigenvalue weighted by Gasteiger charge is 2.92. The molecular weight excluding hydrogens is 938 g/mol. The Morgan fingerprint density at radius 1 is 0.311 bits per heavy atom. The fourth-order valence-corrected chi connectivity index (χ4v) is 5.53. The second-order valence-corrected chi connectivity index (χ2v) is 13.2. The van der Waals surface area contributed by atoms with E-state index in [1.165, 1.54) is 0 Å². The normalized spacial score (nSPS) is 15.1. The Morgan fingerprint density at radius 2 is 0.672 bits per heavy atom. The summed E-state index contributed by atoms with van der Waals surface area (Å²) in [6.07, 6.45) is -15.9. The largest absolute Gasteiger partial charge is 0.460 e. The van der Waals surface area contributed by atoms with Gasteiger partial charge in [0.1, 0.15) is 0 Å². The lowest BCUT2D eigenvalue weighted by Crippen LogP contribution is -2.69. The molecule has 0 aromatic heterocycles. The van der Waals surface area contributed by atoms with Crippen LogP contribution in [0.2, 0.25) is 5.02 Å². The van der Waals surface area contributed by atoms with Crippen LogP contribution >= 0.6 is 11.6 Å². The molecule has 4 rings (SSSR count). The van der Waals surface area contributed by atoms with Gasteiger partial charge in [-0.25, -0.2) is 0 Å². The molecular formula is C34H13ClF26. The van der Waals surface area contributed by atoms with E-state index in [0.29, 0.717) is 6.07 Å². The minimum absolute atomic E-state index is 0.000763. The highest BCUT2D eigenvalue weighted by Crippen LogP contribution is 2.65. The van der Waals surface area contributed by atoms with Gasteiger partial charge >= 0.3 is 71.6 Å². The summed E-state index contributed by atoms with van der Waals surface area (Å²) < 4.78 is 367. The molecule has 0 saturated carbocycles. The van der Waals surface area contributed by atoms with Crippen LogP contribution in [0.5, 0.6) is 0 Å². The average Bonchev–Trinajstić information content (AvgIpc) is 3.12. The average molecular weight is 951 g/mol. The lowest BCUT2D eigenvalue weighted by atomic mass is 9.84. The molecule has 27 heteroatoms. The molecule has 0 atom stereocenters. The van der Waals surface area contributed by atoms with Crippen molar-refractivity contribution in [1.82, 2.24) is 0 Å². The van der Waals surface area contributed by atoms with Crippen LogP contribution in [0.25, 0.3) is 33.0 Å². The maximum Gasteiger partial charge on any atom is 0.460 e. The highest BCUT2D eigenvalue weighted by atomic mass is 35.5. The molecule has 0 fully saturated rings. The SMILES string of the molecule is FC(F)(F)C(F)(F)C(F)(F)C(F)(F)C(F)(F)C(F)(F)c1cc(-c2cc(-c3ccc(Cl)cc3)cc3ccccc23)cc(C(F)(F)C(F)(F)C(F)(F)C(F)(F)C(F)(F)C(F)(F)F)c1. The highest BCUT2D eigenvalue weighted by molar-refractivity contribution is 6.30. The molecule has 0 aliphatic rings. The van der Waals surface area contributed by atoms with Crippen molar-refractivity contribution in [3.8, 4) is 22.3 Å². The first kappa shape index (κ1) is 49.3. The summed E-state index contributed by atoms with van der Waals surface area (Å²) in [5.74, 6) is -83.7. The van der Waals surface area contributed by atoms with Gasteiger partial charge in [0.25, 0.3) is 0 Å². The van der Waals surface area contributed by atoms with Crippen LogP contribution in [0.15, 0.2) is 78.9 Å². The standard InChI is InChI=1S/C34H13ClF26/c35-20-7-5-14(6-8-20)16-9-15-3-1-2-4-21(15)22(12-16)17-10-18(23(36,37)25(40,41)27(44,45)29(48,49)31(52,53)33(56,57)58)13-19(11-17)24(38,39)26(42,43)28(46,47)30(50,51)32(54,55)34(59,60)61/h1-13H. The van der Waals surface area contributed by atoms with E-state index in [0.717, 1.165) is 54.6 Å². The van der Waals surface area contributed by atoms with E-state index >= 15 is 17.6 Å². The third-order valence-corrected chi connectivity index (χ3v) is 9.13. The number of hydrogen-bond acceptors (Lipinski definition) is 0. The third kappa shape index (κ3) is 7.05. The van der Waals surface area contributed by atoms with Crippen LogP contribution in [-0.4, -0.2) is 59.7 Å². The molecule has 0 bridgehead atoms. The maximum atomic E-state index is 15.6. The molecule has 61 heavy (non-hydrogen) atoms. The Morgan fingerprint density at radius 3 is 1.05 bits per heavy atom. The minimum Gasteiger partial charge on any atom is -0.194 e. The van der Waals surface area contributed by atoms with Crippen molar-refractivity contribution in [3.05, 3.63) is 95.0 Å². The number of hydrogen-bond donors (Lipinski definition) is 0. The molecule has 0 N–H and O–H groups in total. The molecule has 0 spiro atoms. The van der Waals surface area contributed by atoms with Crippen LogP contribution in [0.1, 0.15) is 11.1 Å². The van der Waals surface area contributed by atoms with Gasteiger partial charge in [0, 0.05) is 16.1 Å². The zero-order chi connectivity index (χ0) is 47.4. The van der Waals surface area contributed by atoms with E-state index < -0.39 is 117 Å². The number of rotatable bonds is 12. The van der Waals surface area contributed by atoms with E-state index in [2.05, 4.69) is 0 Å². The molecule has 0 aliphatic heterocycles. The zero-order valence-corrected chi connectivity index (χ0v) is 29.0. The second kappa shape index (κ2) is 14.3. The van der Waals surface area contributed by atoms with Crippen LogP contribution < -0.4 is 0 Å². The molecule has 0 unspecified atom stereocenters. The molecule has 0 nitrogen and oxygen atoms in total. The van der Waals surface area contributed by atoms with Crippen LogP contribution in [0.4, 0.5) is 114 Å². The Labute approximate surface area is 325 Å². The smallest absolute Gasteiger partial charge is 0.194 e. The first-order valence-corrected chi connectivity index (χ1v) is 15.8. The van der Waals surface area contributed by atoms with Gasteiger partial charge in [-0.15, -0.1) is 0 Å². The van der Waals surface area contributed by atoms with E-state index in [4.69, 9.17) is 11.6 Å². The summed E-state index contributed by atoms with van der Waals surface area (Å²) in [5, 5.41) is -0.816. The lowest BCUT2D eigenvalue weighted by Gasteiger charge is -2.41. The molecule has 0 saturated heterocycles.